The van der Waals surface area contributed by atoms with E-state index in [1.807, 2.05) is 6.08 Å². The lowest BCUT2D eigenvalue weighted by molar-refractivity contribution is 0.704. The van der Waals surface area contributed by atoms with Crippen LogP contribution in [0.1, 0.15) is 26.7 Å². The fourth-order valence-corrected chi connectivity index (χ4v) is 1.94. The van der Waals surface area contributed by atoms with Gasteiger partial charge < -0.3 is 0 Å². The monoisotopic (exact) mass is 190 g/mol. The lowest BCUT2D eigenvalue weighted by atomic mass is 9.95. The highest BCUT2D eigenvalue weighted by Crippen LogP contribution is 2.32. The van der Waals surface area contributed by atoms with Crippen molar-refractivity contribution in [2.75, 3.05) is 0 Å². The molecule has 0 nitrogen and oxygen atoms in total. The van der Waals surface area contributed by atoms with Gasteiger partial charge in [0.2, 0.25) is 0 Å². The van der Waals surface area contributed by atoms with Crippen molar-refractivity contribution in [1.29, 1.82) is 0 Å². The van der Waals surface area contributed by atoms with Crippen LogP contribution in [0.15, 0.2) is 21.7 Å². The molecule has 1 aliphatic carbocycles. The molecule has 2 heteroatoms. The Morgan fingerprint density at radius 1 is 1.27 bits per heavy atom. The van der Waals surface area contributed by atoms with E-state index in [4.69, 9.17) is 23.2 Å². The minimum atomic E-state index is 0.545. The van der Waals surface area contributed by atoms with Gasteiger partial charge in [0.1, 0.15) is 0 Å². The van der Waals surface area contributed by atoms with Gasteiger partial charge >= 0.3 is 0 Å². The maximum atomic E-state index is 5.99. The lowest BCUT2D eigenvalue weighted by Gasteiger charge is -2.16. The van der Waals surface area contributed by atoms with E-state index in [0.717, 1.165) is 22.9 Å². The maximum absolute atomic E-state index is 5.99. The third-order valence-electron chi connectivity index (χ3n) is 1.92. The number of rotatable bonds is 1. The second-order valence-electron chi connectivity index (χ2n) is 3.12. The molecule has 0 aromatic rings. The van der Waals surface area contributed by atoms with Gasteiger partial charge in [0.15, 0.2) is 0 Å². The lowest BCUT2D eigenvalue weighted by Crippen LogP contribution is -2.00. The Hall–Kier alpha value is 0.0600. The van der Waals surface area contributed by atoms with Crippen molar-refractivity contribution in [3.63, 3.8) is 0 Å². The zero-order valence-electron chi connectivity index (χ0n) is 6.82. The van der Waals surface area contributed by atoms with Crippen LogP contribution in [-0.2, 0) is 0 Å². The second kappa shape index (κ2) is 3.64. The summed E-state index contributed by atoms with van der Waals surface area (Å²) < 4.78 is 0. The topological polar surface area (TPSA) is 0 Å². The summed E-state index contributed by atoms with van der Waals surface area (Å²) in [7, 11) is 0. The van der Waals surface area contributed by atoms with Crippen molar-refractivity contribution < 1.29 is 0 Å². The van der Waals surface area contributed by atoms with E-state index in [1.54, 1.807) is 0 Å². The minimum absolute atomic E-state index is 0.545. The number of hydrogen-bond acceptors (Lipinski definition) is 0. The average Bonchev–Trinajstić information content (AvgIpc) is 1.85. The van der Waals surface area contributed by atoms with E-state index in [1.165, 1.54) is 5.57 Å². The quantitative estimate of drug-likeness (QED) is 0.586. The van der Waals surface area contributed by atoms with Crippen LogP contribution in [0.4, 0.5) is 0 Å². The summed E-state index contributed by atoms with van der Waals surface area (Å²) in [6.07, 6.45) is 3.83. The molecule has 0 N–H and O–H groups in total. The van der Waals surface area contributed by atoms with Gasteiger partial charge in [-0.1, -0.05) is 37.0 Å². The third kappa shape index (κ3) is 2.25. The molecule has 0 unspecified atom stereocenters. The van der Waals surface area contributed by atoms with E-state index in [-0.39, 0.29) is 0 Å². The van der Waals surface area contributed by atoms with Crippen LogP contribution in [-0.4, -0.2) is 0 Å². The number of halogens is 2. The Labute approximate surface area is 77.9 Å². The summed E-state index contributed by atoms with van der Waals surface area (Å²) in [6.45, 7) is 4.32. The molecular weight excluding hydrogens is 179 g/mol. The first kappa shape index (κ1) is 9.15. The van der Waals surface area contributed by atoms with Gasteiger partial charge in [-0.2, -0.15) is 0 Å². The Balaban J connectivity index is 2.86. The molecule has 1 rings (SSSR count). The van der Waals surface area contributed by atoms with Crippen LogP contribution in [0.3, 0.4) is 0 Å². The van der Waals surface area contributed by atoms with E-state index in [9.17, 15) is 0 Å². The predicted octanol–water partition coefficient (Wildman–Crippen LogP) is 4.05. The highest BCUT2D eigenvalue weighted by atomic mass is 35.5. The molecule has 0 aromatic heterocycles. The van der Waals surface area contributed by atoms with E-state index in [2.05, 4.69) is 13.8 Å². The molecule has 1 aliphatic rings. The summed E-state index contributed by atoms with van der Waals surface area (Å²) in [4.78, 5) is 0. The van der Waals surface area contributed by atoms with E-state index < -0.39 is 0 Å². The van der Waals surface area contributed by atoms with E-state index in [0.29, 0.717) is 5.92 Å². The number of hydrogen-bond donors (Lipinski definition) is 0. The molecule has 0 bridgehead atoms. The SMILES string of the molecule is CC(C)C1=C(Cl)C=C(Cl)CC1. The highest BCUT2D eigenvalue weighted by Gasteiger charge is 2.13. The molecule has 0 saturated carbocycles. The first-order chi connectivity index (χ1) is 5.11. The van der Waals surface area contributed by atoms with Crippen molar-refractivity contribution in [2.45, 2.75) is 26.7 Å². The summed E-state index contributed by atoms with van der Waals surface area (Å²) in [5.41, 5.74) is 1.33. The predicted molar refractivity (Wildman–Crippen MR) is 50.9 cm³/mol. The Bertz CT molecular complexity index is 212. The molecule has 0 aromatic carbocycles. The minimum Gasteiger partial charge on any atom is -0.0891 e. The molecule has 0 radical (unpaired) electrons. The molecule has 0 fully saturated rings. The van der Waals surface area contributed by atoms with Crippen molar-refractivity contribution in [3.05, 3.63) is 21.7 Å². The molecule has 62 valence electrons. The second-order valence-corrected chi connectivity index (χ2v) is 4.01. The largest absolute Gasteiger partial charge is 0.0891 e. The van der Waals surface area contributed by atoms with Crippen LogP contribution in [0.5, 0.6) is 0 Å². The van der Waals surface area contributed by atoms with E-state index >= 15 is 0 Å². The van der Waals surface area contributed by atoms with Crippen LogP contribution < -0.4 is 0 Å². The Morgan fingerprint density at radius 2 is 1.91 bits per heavy atom. The van der Waals surface area contributed by atoms with Crippen LogP contribution >= 0.6 is 23.2 Å². The Morgan fingerprint density at radius 3 is 2.36 bits per heavy atom. The van der Waals surface area contributed by atoms with Gasteiger partial charge in [-0.25, -0.2) is 0 Å². The van der Waals surface area contributed by atoms with Gasteiger partial charge in [-0.05, 0) is 30.4 Å². The first-order valence-corrected chi connectivity index (χ1v) is 4.61. The van der Waals surface area contributed by atoms with Crippen LogP contribution in [0, 0.1) is 5.92 Å². The smallest absolute Gasteiger partial charge is 0.0412 e. The molecule has 0 aliphatic heterocycles. The third-order valence-corrected chi connectivity index (χ3v) is 2.57. The summed E-state index contributed by atoms with van der Waals surface area (Å²) in [5.74, 6) is 0.545. The summed E-state index contributed by atoms with van der Waals surface area (Å²) in [6, 6.07) is 0. The fourth-order valence-electron chi connectivity index (χ4n) is 1.24. The summed E-state index contributed by atoms with van der Waals surface area (Å²) >= 11 is 11.8. The van der Waals surface area contributed by atoms with Gasteiger partial charge in [0.25, 0.3) is 0 Å². The average molecular weight is 191 g/mol. The zero-order chi connectivity index (χ0) is 8.43. The molecule has 0 saturated heterocycles. The molecular formula is C9H12Cl2. The van der Waals surface area contributed by atoms with Crippen LogP contribution in [0.25, 0.3) is 0 Å². The highest BCUT2D eigenvalue weighted by molar-refractivity contribution is 6.35. The molecule has 11 heavy (non-hydrogen) atoms. The molecule has 0 amide bonds. The van der Waals surface area contributed by atoms with Crippen LogP contribution in [0.2, 0.25) is 0 Å². The first-order valence-electron chi connectivity index (χ1n) is 3.86. The molecule has 0 atom stereocenters. The van der Waals surface area contributed by atoms with Crippen molar-refractivity contribution in [2.24, 2.45) is 5.92 Å². The zero-order valence-corrected chi connectivity index (χ0v) is 8.34. The van der Waals surface area contributed by atoms with Crippen molar-refractivity contribution >= 4 is 23.2 Å². The van der Waals surface area contributed by atoms with Crippen molar-refractivity contribution in [3.8, 4) is 0 Å². The van der Waals surface area contributed by atoms with Crippen molar-refractivity contribution in [1.82, 2.24) is 0 Å². The normalized spacial score (nSPS) is 19.2. The van der Waals surface area contributed by atoms with Gasteiger partial charge in [-0.15, -0.1) is 0 Å². The molecule has 0 heterocycles. The molecule has 0 spiro atoms. The fraction of sp³-hybridized carbons (Fsp3) is 0.556. The Kier molecular flexibility index (Phi) is 3.03. The van der Waals surface area contributed by atoms with Gasteiger partial charge in [-0.3, -0.25) is 0 Å². The maximum Gasteiger partial charge on any atom is 0.0412 e. The summed E-state index contributed by atoms with van der Waals surface area (Å²) in [5, 5.41) is 1.72. The van der Waals surface area contributed by atoms with Gasteiger partial charge in [0, 0.05) is 10.1 Å². The van der Waals surface area contributed by atoms with Gasteiger partial charge in [0.05, 0.1) is 0 Å². The number of allylic oxidation sites excluding steroid dienone is 4. The standard InChI is InChI=1S/C9H12Cl2/c1-6(2)8-4-3-7(10)5-9(8)11/h5-6H,3-4H2,1-2H3.